The highest BCUT2D eigenvalue weighted by molar-refractivity contribution is 6.59. The van der Waals surface area contributed by atoms with E-state index in [0.717, 1.165) is 12.1 Å². The zero-order valence-electron chi connectivity index (χ0n) is 9.74. The Labute approximate surface area is 107 Å². The van der Waals surface area contributed by atoms with Gasteiger partial charge in [-0.1, -0.05) is 12.1 Å². The van der Waals surface area contributed by atoms with E-state index >= 15 is 0 Å². The molecule has 9 heteroatoms. The van der Waals surface area contributed by atoms with E-state index in [1.807, 2.05) is 0 Å². The Morgan fingerprint density at radius 2 is 2.00 bits per heavy atom. The molecule has 1 aromatic carbocycles. The van der Waals surface area contributed by atoms with Gasteiger partial charge in [0.15, 0.2) is 0 Å². The van der Waals surface area contributed by atoms with Crippen LogP contribution in [-0.2, 0) is 11.0 Å². The van der Waals surface area contributed by atoms with Gasteiger partial charge in [0.05, 0.1) is 11.3 Å². The first-order valence-electron chi connectivity index (χ1n) is 5.33. The van der Waals surface area contributed by atoms with E-state index in [4.69, 9.17) is 15.8 Å². The number of amides is 1. The number of hydrogen-bond acceptors (Lipinski definition) is 4. The molecule has 0 aliphatic carbocycles. The van der Waals surface area contributed by atoms with Gasteiger partial charge in [0.1, 0.15) is 0 Å². The maximum Gasteiger partial charge on any atom is 0.489 e. The first-order chi connectivity index (χ1) is 8.77. The summed E-state index contributed by atoms with van der Waals surface area (Å²) in [5, 5.41) is 20.0. The SMILES string of the molecule is NCCC(=O)Nc1cccc(B(O)O)c1C(F)(F)F. The molecule has 0 fully saturated rings. The lowest BCUT2D eigenvalue weighted by molar-refractivity contribution is -0.136. The van der Waals surface area contributed by atoms with Crippen molar-refractivity contribution in [2.75, 3.05) is 11.9 Å². The summed E-state index contributed by atoms with van der Waals surface area (Å²) < 4.78 is 38.7. The first-order valence-corrected chi connectivity index (χ1v) is 5.33. The van der Waals surface area contributed by atoms with Crippen LogP contribution in [0.4, 0.5) is 18.9 Å². The van der Waals surface area contributed by atoms with E-state index in [2.05, 4.69) is 5.32 Å². The maximum atomic E-state index is 12.9. The van der Waals surface area contributed by atoms with Gasteiger partial charge in [-0.3, -0.25) is 4.79 Å². The van der Waals surface area contributed by atoms with Gasteiger partial charge < -0.3 is 21.1 Å². The van der Waals surface area contributed by atoms with Crippen LogP contribution in [-0.4, -0.2) is 29.6 Å². The summed E-state index contributed by atoms with van der Waals surface area (Å²) in [6, 6.07) is 3.14. The Morgan fingerprint density at radius 3 is 2.47 bits per heavy atom. The van der Waals surface area contributed by atoms with Crippen LogP contribution in [0, 0.1) is 0 Å². The lowest BCUT2D eigenvalue weighted by atomic mass is 9.76. The largest absolute Gasteiger partial charge is 0.489 e. The molecule has 104 valence electrons. The van der Waals surface area contributed by atoms with E-state index < -0.39 is 35.9 Å². The van der Waals surface area contributed by atoms with Gasteiger partial charge >= 0.3 is 13.3 Å². The van der Waals surface area contributed by atoms with Gasteiger partial charge in [0, 0.05) is 13.0 Å². The van der Waals surface area contributed by atoms with Crippen molar-refractivity contribution < 1.29 is 28.0 Å². The minimum absolute atomic E-state index is 0.00446. The fourth-order valence-corrected chi connectivity index (χ4v) is 1.55. The van der Waals surface area contributed by atoms with E-state index in [-0.39, 0.29) is 13.0 Å². The van der Waals surface area contributed by atoms with E-state index in [9.17, 15) is 18.0 Å². The standard InChI is InChI=1S/C10H12BF3N2O3/c12-10(13,14)9-6(11(18)19)2-1-3-7(9)16-8(17)4-5-15/h1-3,18-19H,4-5,15H2,(H,16,17). The molecule has 0 heterocycles. The Balaban J connectivity index is 3.24. The summed E-state index contributed by atoms with van der Waals surface area (Å²) in [6.45, 7) is -0.00446. The average Bonchev–Trinajstić information content (AvgIpc) is 2.27. The molecule has 0 aliphatic heterocycles. The summed E-state index contributed by atoms with van der Waals surface area (Å²) in [7, 11) is -2.29. The van der Waals surface area contributed by atoms with Gasteiger partial charge in [-0.25, -0.2) is 0 Å². The molecule has 1 rings (SSSR count). The molecule has 0 saturated carbocycles. The second-order valence-electron chi connectivity index (χ2n) is 3.73. The van der Waals surface area contributed by atoms with Crippen molar-refractivity contribution in [1.82, 2.24) is 0 Å². The number of carbonyl (C=O) groups is 1. The number of nitrogens with two attached hydrogens (primary N) is 1. The topological polar surface area (TPSA) is 95.6 Å². The normalized spacial score (nSPS) is 11.3. The van der Waals surface area contributed by atoms with Crippen LogP contribution in [0.25, 0.3) is 0 Å². The third-order valence-corrected chi connectivity index (χ3v) is 2.30. The van der Waals surface area contributed by atoms with Crippen molar-refractivity contribution in [3.63, 3.8) is 0 Å². The second kappa shape index (κ2) is 6.05. The molecule has 5 N–H and O–H groups in total. The lowest BCUT2D eigenvalue weighted by Gasteiger charge is -2.17. The number of halogens is 3. The zero-order chi connectivity index (χ0) is 14.6. The molecule has 5 nitrogen and oxygen atoms in total. The predicted molar refractivity (Wildman–Crippen MR) is 63.6 cm³/mol. The fraction of sp³-hybridized carbons (Fsp3) is 0.300. The van der Waals surface area contributed by atoms with Crippen LogP contribution in [0.5, 0.6) is 0 Å². The Morgan fingerprint density at radius 1 is 1.37 bits per heavy atom. The Kier molecular flexibility index (Phi) is 4.93. The number of nitrogens with one attached hydrogen (secondary N) is 1. The lowest BCUT2D eigenvalue weighted by Crippen LogP contribution is -2.37. The Bertz CT molecular complexity index is 466. The molecular formula is C10H12BF3N2O3. The summed E-state index contributed by atoms with van der Waals surface area (Å²) in [6.07, 6.45) is -4.96. The number of carbonyl (C=O) groups excluding carboxylic acids is 1. The molecular weight excluding hydrogens is 264 g/mol. The minimum Gasteiger partial charge on any atom is -0.423 e. The van der Waals surface area contributed by atoms with Gasteiger partial charge in [-0.05, 0) is 11.5 Å². The summed E-state index contributed by atoms with van der Waals surface area (Å²) >= 11 is 0. The second-order valence-corrected chi connectivity index (χ2v) is 3.73. The van der Waals surface area contributed by atoms with Crippen LogP contribution in [0.2, 0.25) is 0 Å². The van der Waals surface area contributed by atoms with Crippen LogP contribution >= 0.6 is 0 Å². The smallest absolute Gasteiger partial charge is 0.423 e. The van der Waals surface area contributed by atoms with Gasteiger partial charge in [0.25, 0.3) is 0 Å². The number of alkyl halides is 3. The molecule has 0 unspecified atom stereocenters. The fourth-order valence-electron chi connectivity index (χ4n) is 1.55. The first kappa shape index (κ1) is 15.5. The van der Waals surface area contributed by atoms with Gasteiger partial charge in [0.2, 0.25) is 5.91 Å². The van der Waals surface area contributed by atoms with Crippen molar-refractivity contribution in [1.29, 1.82) is 0 Å². The van der Waals surface area contributed by atoms with Crippen molar-refractivity contribution in [2.45, 2.75) is 12.6 Å². The summed E-state index contributed by atoms with van der Waals surface area (Å²) in [4.78, 5) is 11.3. The molecule has 0 bridgehead atoms. The third-order valence-electron chi connectivity index (χ3n) is 2.30. The number of anilines is 1. The quantitative estimate of drug-likeness (QED) is 0.566. The van der Waals surface area contributed by atoms with E-state index in [1.165, 1.54) is 6.07 Å². The van der Waals surface area contributed by atoms with E-state index in [0.29, 0.717) is 0 Å². The molecule has 1 aromatic rings. The van der Waals surface area contributed by atoms with Crippen molar-refractivity contribution >= 4 is 24.2 Å². The minimum atomic E-state index is -4.83. The highest BCUT2D eigenvalue weighted by Gasteiger charge is 2.39. The molecule has 0 spiro atoms. The molecule has 0 aliphatic rings. The summed E-state index contributed by atoms with van der Waals surface area (Å²) in [5.74, 6) is -0.683. The van der Waals surface area contributed by atoms with Crippen molar-refractivity contribution in [2.24, 2.45) is 5.73 Å². The highest BCUT2D eigenvalue weighted by atomic mass is 19.4. The van der Waals surface area contributed by atoms with Crippen LogP contribution in [0.15, 0.2) is 18.2 Å². The van der Waals surface area contributed by atoms with Crippen molar-refractivity contribution in [3.8, 4) is 0 Å². The highest BCUT2D eigenvalue weighted by Crippen LogP contribution is 2.33. The van der Waals surface area contributed by atoms with Gasteiger partial charge in [-0.15, -0.1) is 0 Å². The van der Waals surface area contributed by atoms with E-state index in [1.54, 1.807) is 0 Å². The number of rotatable bonds is 4. The molecule has 19 heavy (non-hydrogen) atoms. The molecule has 0 saturated heterocycles. The molecule has 1 amide bonds. The molecule has 0 atom stereocenters. The average molecular weight is 276 g/mol. The number of hydrogen-bond donors (Lipinski definition) is 4. The monoisotopic (exact) mass is 276 g/mol. The summed E-state index contributed by atoms with van der Waals surface area (Å²) in [5.41, 5.74) is 2.58. The van der Waals surface area contributed by atoms with Crippen LogP contribution in [0.3, 0.4) is 0 Å². The molecule has 0 radical (unpaired) electrons. The Hall–Kier alpha value is -1.58. The van der Waals surface area contributed by atoms with Crippen LogP contribution in [0.1, 0.15) is 12.0 Å². The van der Waals surface area contributed by atoms with Gasteiger partial charge in [-0.2, -0.15) is 13.2 Å². The van der Waals surface area contributed by atoms with Crippen molar-refractivity contribution in [3.05, 3.63) is 23.8 Å². The predicted octanol–water partition coefficient (Wildman–Crippen LogP) is -0.328. The molecule has 0 aromatic heterocycles. The maximum absolute atomic E-state index is 12.9. The zero-order valence-corrected chi connectivity index (χ0v) is 9.74. The number of benzene rings is 1. The third kappa shape index (κ3) is 3.95. The van der Waals surface area contributed by atoms with Crippen LogP contribution < -0.4 is 16.5 Å².